The molecule has 0 unspecified atom stereocenters. The Morgan fingerprint density at radius 1 is 1.14 bits per heavy atom. The molecule has 0 saturated carbocycles. The molecule has 3 aromatic rings. The molecule has 2 amide bonds. The van der Waals surface area contributed by atoms with Gasteiger partial charge in [0.05, 0.1) is 17.7 Å². The molecule has 1 saturated heterocycles. The molecule has 1 aliphatic heterocycles. The number of aryl methyl sites for hydroxylation is 1. The number of methoxy groups -OCH3 is 1. The van der Waals surface area contributed by atoms with Crippen molar-refractivity contribution in [3.63, 3.8) is 0 Å². The van der Waals surface area contributed by atoms with Crippen LogP contribution in [0, 0.1) is 6.92 Å². The van der Waals surface area contributed by atoms with Gasteiger partial charge in [0.2, 0.25) is 0 Å². The first-order chi connectivity index (χ1) is 16.9. The van der Waals surface area contributed by atoms with E-state index < -0.39 is 5.91 Å². The van der Waals surface area contributed by atoms with E-state index in [1.807, 2.05) is 41.4 Å². The van der Waals surface area contributed by atoms with Crippen LogP contribution in [0.4, 0.5) is 0 Å². The van der Waals surface area contributed by atoms with Gasteiger partial charge in [-0.2, -0.15) is 0 Å². The number of primary amides is 1. The Morgan fingerprint density at radius 2 is 1.89 bits per heavy atom. The smallest absolute Gasteiger partial charge is 0.256 e. The van der Waals surface area contributed by atoms with Gasteiger partial charge in [-0.1, -0.05) is 30.3 Å². The molecule has 0 aliphatic carbocycles. The number of aromatic nitrogens is 1. The average molecular weight is 515 g/mol. The molecule has 0 atom stereocenters. The first-order valence-electron chi connectivity index (χ1n) is 12.0. The van der Waals surface area contributed by atoms with Gasteiger partial charge in [0.25, 0.3) is 11.8 Å². The number of para-hydroxylation sites is 1. The SMILES string of the molecule is COCCn1cc(C(=O)N2CCC(c3cc(CN)ccc3OCC(N)=O)CC2)c2cccc(C)c21.Cl. The van der Waals surface area contributed by atoms with Crippen LogP contribution in [0.25, 0.3) is 10.9 Å². The number of hydrogen-bond acceptors (Lipinski definition) is 5. The fourth-order valence-corrected chi connectivity index (χ4v) is 4.97. The van der Waals surface area contributed by atoms with Gasteiger partial charge in [-0.05, 0) is 48.4 Å². The molecule has 0 spiro atoms. The summed E-state index contributed by atoms with van der Waals surface area (Å²) in [6, 6.07) is 11.9. The number of carbonyl (C=O) groups is 2. The number of hydrogen-bond donors (Lipinski definition) is 2. The van der Waals surface area contributed by atoms with E-state index in [4.69, 9.17) is 20.9 Å². The minimum absolute atomic E-state index is 0. The predicted octanol–water partition coefficient (Wildman–Crippen LogP) is 3.36. The van der Waals surface area contributed by atoms with Crippen LogP contribution in [0.15, 0.2) is 42.6 Å². The second kappa shape index (κ2) is 12.3. The highest BCUT2D eigenvalue weighted by Crippen LogP contribution is 2.36. The number of rotatable bonds is 9. The summed E-state index contributed by atoms with van der Waals surface area (Å²) in [5.41, 5.74) is 16.1. The summed E-state index contributed by atoms with van der Waals surface area (Å²) in [6.45, 7) is 4.88. The van der Waals surface area contributed by atoms with E-state index in [-0.39, 0.29) is 30.8 Å². The van der Waals surface area contributed by atoms with Crippen molar-refractivity contribution in [3.8, 4) is 5.75 Å². The summed E-state index contributed by atoms with van der Waals surface area (Å²) >= 11 is 0. The zero-order valence-corrected chi connectivity index (χ0v) is 21.7. The number of halogens is 1. The maximum Gasteiger partial charge on any atom is 0.256 e. The van der Waals surface area contributed by atoms with Crippen molar-refractivity contribution in [1.82, 2.24) is 9.47 Å². The van der Waals surface area contributed by atoms with Crippen LogP contribution in [-0.2, 0) is 22.6 Å². The van der Waals surface area contributed by atoms with Crippen molar-refractivity contribution < 1.29 is 19.1 Å². The number of nitrogens with zero attached hydrogens (tertiary/aromatic N) is 2. The molecule has 9 heteroatoms. The number of nitrogens with two attached hydrogens (primary N) is 2. The lowest BCUT2D eigenvalue weighted by Crippen LogP contribution is -2.38. The van der Waals surface area contributed by atoms with Gasteiger partial charge in [0.15, 0.2) is 6.61 Å². The van der Waals surface area contributed by atoms with Crippen LogP contribution < -0.4 is 16.2 Å². The largest absolute Gasteiger partial charge is 0.483 e. The zero-order valence-electron chi connectivity index (χ0n) is 20.9. The van der Waals surface area contributed by atoms with Crippen molar-refractivity contribution in [1.29, 1.82) is 0 Å². The van der Waals surface area contributed by atoms with Gasteiger partial charge in [0, 0.05) is 44.9 Å². The molecule has 4 rings (SSSR count). The van der Waals surface area contributed by atoms with E-state index in [9.17, 15) is 9.59 Å². The number of carbonyl (C=O) groups excluding carboxylic acids is 2. The van der Waals surface area contributed by atoms with Crippen molar-refractivity contribution in [3.05, 3.63) is 64.8 Å². The van der Waals surface area contributed by atoms with Crippen LogP contribution >= 0.6 is 12.4 Å². The maximum atomic E-state index is 13.6. The van der Waals surface area contributed by atoms with E-state index in [0.717, 1.165) is 46.0 Å². The predicted molar refractivity (Wildman–Crippen MR) is 143 cm³/mol. The molecule has 1 aromatic heterocycles. The van der Waals surface area contributed by atoms with Crippen LogP contribution in [-0.4, -0.2) is 54.7 Å². The minimum atomic E-state index is -0.515. The van der Waals surface area contributed by atoms with E-state index in [2.05, 4.69) is 17.6 Å². The zero-order chi connectivity index (χ0) is 24.9. The van der Waals surface area contributed by atoms with Crippen LogP contribution in [0.2, 0.25) is 0 Å². The fourth-order valence-electron chi connectivity index (χ4n) is 4.97. The van der Waals surface area contributed by atoms with E-state index in [1.165, 1.54) is 0 Å². The quantitative estimate of drug-likeness (QED) is 0.454. The molecule has 36 heavy (non-hydrogen) atoms. The first kappa shape index (κ1) is 27.5. The van der Waals surface area contributed by atoms with Crippen molar-refractivity contribution in [2.75, 3.05) is 33.4 Å². The topological polar surface area (TPSA) is 113 Å². The number of fused-ring (bicyclic) bond motifs is 1. The molecule has 1 aliphatic rings. The van der Waals surface area contributed by atoms with Crippen LogP contribution in [0.3, 0.4) is 0 Å². The fraction of sp³-hybridized carbons (Fsp3) is 0.407. The second-order valence-electron chi connectivity index (χ2n) is 9.10. The van der Waals surface area contributed by atoms with Crippen LogP contribution in [0.1, 0.15) is 45.8 Å². The van der Waals surface area contributed by atoms with Crippen molar-refractivity contribution >= 4 is 35.1 Å². The van der Waals surface area contributed by atoms with Gasteiger partial charge in [-0.25, -0.2) is 0 Å². The highest BCUT2D eigenvalue weighted by molar-refractivity contribution is 6.07. The Kier molecular flexibility index (Phi) is 9.37. The summed E-state index contributed by atoms with van der Waals surface area (Å²) in [5.74, 6) is 0.400. The standard InChI is InChI=1S/C27H34N4O4.ClH/c1-18-4-3-5-21-23(16-31(26(18)21)12-13-34-2)27(33)30-10-8-20(9-11-30)22-14-19(15-28)6-7-24(22)35-17-25(29)32;/h3-7,14,16,20H,8-13,15,17,28H2,1-2H3,(H2,29,32);1H. The Morgan fingerprint density at radius 3 is 2.56 bits per heavy atom. The van der Waals surface area contributed by atoms with Crippen LogP contribution in [0.5, 0.6) is 5.75 Å². The van der Waals surface area contributed by atoms with Gasteiger partial charge < -0.3 is 30.4 Å². The van der Waals surface area contributed by atoms with Gasteiger partial charge in [-0.15, -0.1) is 12.4 Å². The third-order valence-electron chi connectivity index (χ3n) is 6.77. The summed E-state index contributed by atoms with van der Waals surface area (Å²) in [5, 5.41) is 0.978. The average Bonchev–Trinajstić information content (AvgIpc) is 3.25. The molecular weight excluding hydrogens is 480 g/mol. The maximum absolute atomic E-state index is 13.6. The number of piperidine rings is 1. The number of ether oxygens (including phenoxy) is 2. The molecular formula is C27H35ClN4O4. The highest BCUT2D eigenvalue weighted by Gasteiger charge is 2.28. The second-order valence-corrected chi connectivity index (χ2v) is 9.10. The minimum Gasteiger partial charge on any atom is -0.483 e. The lowest BCUT2D eigenvalue weighted by Gasteiger charge is -2.33. The lowest BCUT2D eigenvalue weighted by molar-refractivity contribution is -0.119. The van der Waals surface area contributed by atoms with Gasteiger partial charge in [-0.3, -0.25) is 9.59 Å². The van der Waals surface area contributed by atoms with Crippen molar-refractivity contribution in [2.24, 2.45) is 11.5 Å². The third kappa shape index (κ3) is 5.83. The highest BCUT2D eigenvalue weighted by atomic mass is 35.5. The number of likely N-dealkylation sites (tertiary alicyclic amines) is 1. The molecule has 0 bridgehead atoms. The molecule has 2 aromatic carbocycles. The Hall–Kier alpha value is -3.07. The number of benzene rings is 2. The molecule has 194 valence electrons. The summed E-state index contributed by atoms with van der Waals surface area (Å²) in [6.07, 6.45) is 3.56. The van der Waals surface area contributed by atoms with Crippen molar-refractivity contribution in [2.45, 2.75) is 38.8 Å². The summed E-state index contributed by atoms with van der Waals surface area (Å²) < 4.78 is 13.1. The van der Waals surface area contributed by atoms with E-state index in [1.54, 1.807) is 7.11 Å². The van der Waals surface area contributed by atoms with Gasteiger partial charge >= 0.3 is 0 Å². The molecule has 2 heterocycles. The molecule has 4 N–H and O–H groups in total. The van der Waals surface area contributed by atoms with E-state index in [0.29, 0.717) is 38.5 Å². The summed E-state index contributed by atoms with van der Waals surface area (Å²) in [4.78, 5) is 26.8. The normalized spacial score (nSPS) is 14.0. The summed E-state index contributed by atoms with van der Waals surface area (Å²) in [7, 11) is 1.68. The van der Waals surface area contributed by atoms with E-state index >= 15 is 0 Å². The first-order valence-corrected chi connectivity index (χ1v) is 12.0. The Balaban J connectivity index is 0.00000361. The lowest BCUT2D eigenvalue weighted by atomic mass is 9.87. The monoisotopic (exact) mass is 514 g/mol. The Bertz CT molecular complexity index is 1220. The van der Waals surface area contributed by atoms with Gasteiger partial charge in [0.1, 0.15) is 5.75 Å². The molecule has 1 fully saturated rings. The third-order valence-corrected chi connectivity index (χ3v) is 6.77. The molecule has 0 radical (unpaired) electrons. The number of amides is 2. The Labute approximate surface area is 217 Å². The molecule has 8 nitrogen and oxygen atoms in total.